The van der Waals surface area contributed by atoms with Crippen molar-refractivity contribution in [3.8, 4) is 23.1 Å². The summed E-state index contributed by atoms with van der Waals surface area (Å²) in [6, 6.07) is 15.6. The molecule has 0 fully saturated rings. The molecule has 0 radical (unpaired) electrons. The van der Waals surface area contributed by atoms with Crippen molar-refractivity contribution in [2.75, 3.05) is 24.3 Å². The Morgan fingerprint density at radius 2 is 2.00 bits per heavy atom. The smallest absolute Gasteiger partial charge is 0.193 e. The molecule has 0 saturated carbocycles. The first-order valence-corrected chi connectivity index (χ1v) is 10.5. The zero-order valence-electron chi connectivity index (χ0n) is 15.7. The van der Waals surface area contributed by atoms with Crippen LogP contribution in [-0.2, 0) is 17.7 Å². The number of aromatic nitrogens is 1. The summed E-state index contributed by atoms with van der Waals surface area (Å²) in [6.45, 7) is 3.21. The number of alkyl halides is 1. The molecule has 0 amide bonds. The highest BCUT2D eigenvalue weighted by molar-refractivity contribution is 7.84. The molecule has 1 aromatic heterocycles. The van der Waals surface area contributed by atoms with E-state index < -0.39 is 11.2 Å². The summed E-state index contributed by atoms with van der Waals surface area (Å²) in [5.41, 5.74) is 4.08. The molecule has 0 aliphatic rings. The number of methoxy groups -OCH3 is 1. The Morgan fingerprint density at radius 3 is 2.61 bits per heavy atom. The van der Waals surface area contributed by atoms with Gasteiger partial charge < -0.3 is 9.30 Å². The standard InChI is InChI=1S/C20H21ClN4O2S/c1-3-25-19-12-16(27-2)8-9-17(19)18(13-22)20(25)14-4-6-15(7-5-14)24-28(26)23-11-10-21/h4-9,12,23-24H,3,10-11H2,1-2H3. The number of rotatable bonds is 8. The van der Waals surface area contributed by atoms with E-state index >= 15 is 0 Å². The van der Waals surface area contributed by atoms with Gasteiger partial charge in [-0.25, -0.2) is 8.93 Å². The average Bonchev–Trinajstić information content (AvgIpc) is 3.05. The Bertz CT molecular complexity index is 1040. The van der Waals surface area contributed by atoms with Crippen molar-refractivity contribution in [1.82, 2.24) is 9.29 Å². The minimum Gasteiger partial charge on any atom is -0.497 e. The van der Waals surface area contributed by atoms with Crippen LogP contribution >= 0.6 is 11.6 Å². The highest BCUT2D eigenvalue weighted by Crippen LogP contribution is 2.35. The fourth-order valence-electron chi connectivity index (χ4n) is 3.17. The first-order chi connectivity index (χ1) is 13.6. The van der Waals surface area contributed by atoms with E-state index in [9.17, 15) is 9.47 Å². The number of benzene rings is 2. The molecule has 2 aromatic carbocycles. The number of ether oxygens (including phenoxy) is 1. The molecule has 3 aromatic rings. The minimum atomic E-state index is -1.41. The third-order valence-corrected chi connectivity index (χ3v) is 5.47. The predicted molar refractivity (Wildman–Crippen MR) is 115 cm³/mol. The van der Waals surface area contributed by atoms with Crippen molar-refractivity contribution in [2.45, 2.75) is 13.5 Å². The zero-order valence-corrected chi connectivity index (χ0v) is 17.2. The maximum Gasteiger partial charge on any atom is 0.193 e. The van der Waals surface area contributed by atoms with E-state index in [1.165, 1.54) is 0 Å². The normalized spacial score (nSPS) is 11.9. The molecular weight excluding hydrogens is 396 g/mol. The van der Waals surface area contributed by atoms with Gasteiger partial charge in [-0.2, -0.15) is 5.26 Å². The van der Waals surface area contributed by atoms with Gasteiger partial charge in [0.2, 0.25) is 0 Å². The summed E-state index contributed by atoms with van der Waals surface area (Å²) in [7, 11) is 1.63. The molecule has 6 nitrogen and oxygen atoms in total. The molecule has 146 valence electrons. The van der Waals surface area contributed by atoms with E-state index in [0.29, 0.717) is 30.2 Å². The fraction of sp³-hybridized carbons (Fsp3) is 0.250. The number of nitriles is 1. The van der Waals surface area contributed by atoms with Gasteiger partial charge >= 0.3 is 0 Å². The monoisotopic (exact) mass is 416 g/mol. The Morgan fingerprint density at radius 1 is 1.25 bits per heavy atom. The molecule has 0 bridgehead atoms. The van der Waals surface area contributed by atoms with Crippen molar-refractivity contribution in [3.63, 3.8) is 0 Å². The molecule has 1 heterocycles. The van der Waals surface area contributed by atoms with Crippen molar-refractivity contribution in [2.24, 2.45) is 0 Å². The molecule has 2 N–H and O–H groups in total. The first kappa shape index (κ1) is 20.2. The van der Waals surface area contributed by atoms with Crippen LogP contribution in [0.3, 0.4) is 0 Å². The number of halogens is 1. The fourth-order valence-corrected chi connectivity index (χ4v) is 4.08. The van der Waals surface area contributed by atoms with Crippen molar-refractivity contribution in [3.05, 3.63) is 48.0 Å². The molecule has 1 unspecified atom stereocenters. The topological polar surface area (TPSA) is 79.1 Å². The van der Waals surface area contributed by atoms with Gasteiger partial charge in [0, 0.05) is 36.1 Å². The van der Waals surface area contributed by atoms with Crippen LogP contribution in [0.4, 0.5) is 5.69 Å². The maximum atomic E-state index is 11.9. The molecule has 0 aliphatic heterocycles. The highest BCUT2D eigenvalue weighted by Gasteiger charge is 2.18. The first-order valence-electron chi connectivity index (χ1n) is 8.81. The zero-order chi connectivity index (χ0) is 20.1. The lowest BCUT2D eigenvalue weighted by Crippen LogP contribution is -2.25. The molecule has 3 rings (SSSR count). The lowest BCUT2D eigenvalue weighted by Gasteiger charge is -2.11. The Hall–Kier alpha value is -2.53. The van der Waals surface area contributed by atoms with Gasteiger partial charge in [0.15, 0.2) is 11.2 Å². The number of hydrogen-bond donors (Lipinski definition) is 2. The Kier molecular flexibility index (Phi) is 6.57. The van der Waals surface area contributed by atoms with Crippen LogP contribution in [0.2, 0.25) is 0 Å². The summed E-state index contributed by atoms with van der Waals surface area (Å²) in [5, 5.41) is 10.7. The van der Waals surface area contributed by atoms with E-state index in [1.54, 1.807) is 7.11 Å². The van der Waals surface area contributed by atoms with Crippen LogP contribution in [0.1, 0.15) is 12.5 Å². The van der Waals surface area contributed by atoms with E-state index in [-0.39, 0.29) is 0 Å². The van der Waals surface area contributed by atoms with E-state index in [1.807, 2.05) is 49.4 Å². The quantitative estimate of drug-likeness (QED) is 0.544. The van der Waals surface area contributed by atoms with Gasteiger partial charge in [0.05, 0.1) is 23.9 Å². The van der Waals surface area contributed by atoms with Crippen molar-refractivity contribution >= 4 is 39.4 Å². The Balaban J connectivity index is 2.01. The Labute approximate surface area is 171 Å². The largest absolute Gasteiger partial charge is 0.497 e. The van der Waals surface area contributed by atoms with Crippen LogP contribution in [0.5, 0.6) is 5.75 Å². The number of aryl methyl sites for hydroxylation is 1. The van der Waals surface area contributed by atoms with Gasteiger partial charge in [-0.15, -0.1) is 11.6 Å². The van der Waals surface area contributed by atoms with Crippen LogP contribution in [0.25, 0.3) is 22.2 Å². The second-order valence-electron chi connectivity index (χ2n) is 5.99. The molecule has 8 heteroatoms. The van der Waals surface area contributed by atoms with Gasteiger partial charge in [0.1, 0.15) is 11.8 Å². The maximum absolute atomic E-state index is 11.9. The second kappa shape index (κ2) is 9.11. The van der Waals surface area contributed by atoms with Crippen LogP contribution in [0.15, 0.2) is 42.5 Å². The van der Waals surface area contributed by atoms with Crippen LogP contribution < -0.4 is 14.2 Å². The minimum absolute atomic E-state index is 0.385. The lowest BCUT2D eigenvalue weighted by atomic mass is 10.1. The third-order valence-electron chi connectivity index (χ3n) is 4.40. The summed E-state index contributed by atoms with van der Waals surface area (Å²) >= 11 is 4.18. The van der Waals surface area contributed by atoms with E-state index in [0.717, 1.165) is 27.9 Å². The summed E-state index contributed by atoms with van der Waals surface area (Å²) in [6.07, 6.45) is 0. The third kappa shape index (κ3) is 3.99. The van der Waals surface area contributed by atoms with Gasteiger partial charge in [-0.05, 0) is 36.8 Å². The predicted octanol–water partition coefficient (Wildman–Crippen LogP) is 4.03. The summed E-state index contributed by atoms with van der Waals surface area (Å²) in [5.74, 6) is 1.14. The van der Waals surface area contributed by atoms with Crippen molar-refractivity contribution < 1.29 is 8.95 Å². The SMILES string of the molecule is CCn1c(-c2ccc(NS(=O)NCCCl)cc2)c(C#N)c2ccc(OC)cc21. The van der Waals surface area contributed by atoms with Crippen LogP contribution in [-0.4, -0.2) is 28.3 Å². The molecule has 0 aliphatic carbocycles. The summed E-state index contributed by atoms with van der Waals surface area (Å²) in [4.78, 5) is 0. The van der Waals surface area contributed by atoms with Gasteiger partial charge in [0.25, 0.3) is 0 Å². The van der Waals surface area contributed by atoms with Gasteiger partial charge in [-0.1, -0.05) is 12.1 Å². The second-order valence-corrected chi connectivity index (χ2v) is 7.40. The molecule has 0 saturated heterocycles. The van der Waals surface area contributed by atoms with Crippen molar-refractivity contribution in [1.29, 1.82) is 5.26 Å². The number of nitrogens with one attached hydrogen (secondary N) is 2. The van der Waals surface area contributed by atoms with Gasteiger partial charge in [-0.3, -0.25) is 4.72 Å². The highest BCUT2D eigenvalue weighted by atomic mass is 35.5. The molecule has 0 spiro atoms. The molecule has 28 heavy (non-hydrogen) atoms. The van der Waals surface area contributed by atoms with E-state index in [4.69, 9.17) is 16.3 Å². The molecular formula is C20H21ClN4O2S. The number of hydrogen-bond acceptors (Lipinski definition) is 3. The summed E-state index contributed by atoms with van der Waals surface area (Å²) < 4.78 is 25.0. The average molecular weight is 417 g/mol. The molecule has 1 atom stereocenters. The number of fused-ring (bicyclic) bond motifs is 1. The lowest BCUT2D eigenvalue weighted by molar-refractivity contribution is 0.415. The number of anilines is 1. The number of nitrogens with zero attached hydrogens (tertiary/aromatic N) is 2. The van der Waals surface area contributed by atoms with Crippen LogP contribution in [0, 0.1) is 11.3 Å². The van der Waals surface area contributed by atoms with E-state index in [2.05, 4.69) is 20.1 Å².